The van der Waals surface area contributed by atoms with Gasteiger partial charge >= 0.3 is 5.97 Å². The van der Waals surface area contributed by atoms with Crippen molar-refractivity contribution in [1.29, 1.82) is 0 Å². The molecule has 5 nitrogen and oxygen atoms in total. The highest BCUT2D eigenvalue weighted by atomic mass is 16.5. The highest BCUT2D eigenvalue weighted by Crippen LogP contribution is 1.87. The van der Waals surface area contributed by atoms with Crippen LogP contribution in [0.5, 0.6) is 0 Å². The lowest BCUT2D eigenvalue weighted by Crippen LogP contribution is -2.14. The molecule has 0 aliphatic carbocycles. The van der Waals surface area contributed by atoms with Crippen LogP contribution in [-0.2, 0) is 16.1 Å². The molecule has 1 rings (SSSR count). The lowest BCUT2D eigenvalue weighted by atomic mass is 10.5. The summed E-state index contributed by atoms with van der Waals surface area (Å²) in [4.78, 5) is 11.0. The molecule has 5 heteroatoms. The Morgan fingerprint density at radius 3 is 3.08 bits per heavy atom. The zero-order chi connectivity index (χ0) is 8.81. The standard InChI is InChI=1S/C7H11N3O2/c1-2-5-12-7(11)6-10-4-3-8-9-10/h3-4H,2,5-6H2,1H3. The molecule has 0 amide bonds. The zero-order valence-electron chi connectivity index (χ0n) is 6.93. The predicted octanol–water partition coefficient (Wildman–Crippen LogP) is 0.231. The monoisotopic (exact) mass is 169 g/mol. The van der Waals surface area contributed by atoms with Crippen molar-refractivity contribution in [1.82, 2.24) is 15.0 Å². The van der Waals surface area contributed by atoms with Gasteiger partial charge in [0.2, 0.25) is 0 Å². The van der Waals surface area contributed by atoms with E-state index < -0.39 is 0 Å². The molecule has 66 valence electrons. The summed E-state index contributed by atoms with van der Waals surface area (Å²) >= 11 is 0. The number of carbonyl (C=O) groups excluding carboxylic acids is 1. The van der Waals surface area contributed by atoms with Crippen LogP contribution in [0.1, 0.15) is 13.3 Å². The van der Waals surface area contributed by atoms with Crippen molar-refractivity contribution in [3.05, 3.63) is 12.4 Å². The lowest BCUT2D eigenvalue weighted by Gasteiger charge is -2.01. The van der Waals surface area contributed by atoms with Crippen LogP contribution in [0.2, 0.25) is 0 Å². The van der Waals surface area contributed by atoms with Crippen LogP contribution < -0.4 is 0 Å². The molecule has 0 aliphatic heterocycles. The van der Waals surface area contributed by atoms with Gasteiger partial charge in [-0.2, -0.15) is 0 Å². The first-order valence-corrected chi connectivity index (χ1v) is 3.82. The van der Waals surface area contributed by atoms with Crippen molar-refractivity contribution in [2.24, 2.45) is 0 Å². The first kappa shape index (κ1) is 8.70. The molecule has 0 atom stereocenters. The van der Waals surface area contributed by atoms with Crippen molar-refractivity contribution in [2.45, 2.75) is 19.9 Å². The van der Waals surface area contributed by atoms with E-state index in [9.17, 15) is 4.79 Å². The van der Waals surface area contributed by atoms with Crippen molar-refractivity contribution in [3.63, 3.8) is 0 Å². The molecule has 0 radical (unpaired) electrons. The zero-order valence-corrected chi connectivity index (χ0v) is 6.93. The number of nitrogens with zero attached hydrogens (tertiary/aromatic N) is 3. The van der Waals surface area contributed by atoms with Gasteiger partial charge in [0, 0.05) is 6.20 Å². The Morgan fingerprint density at radius 1 is 1.67 bits per heavy atom. The Balaban J connectivity index is 2.27. The van der Waals surface area contributed by atoms with Crippen molar-refractivity contribution in [3.8, 4) is 0 Å². The second kappa shape index (κ2) is 4.48. The summed E-state index contributed by atoms with van der Waals surface area (Å²) in [5.41, 5.74) is 0. The fourth-order valence-corrected chi connectivity index (χ4v) is 0.711. The summed E-state index contributed by atoms with van der Waals surface area (Å²) in [6.07, 6.45) is 3.98. The average molecular weight is 169 g/mol. The quantitative estimate of drug-likeness (QED) is 0.605. The smallest absolute Gasteiger partial charge is 0.327 e. The van der Waals surface area contributed by atoms with E-state index in [4.69, 9.17) is 4.74 Å². The number of ether oxygens (including phenoxy) is 1. The number of aromatic nitrogens is 3. The maximum Gasteiger partial charge on any atom is 0.327 e. The molecule has 0 unspecified atom stereocenters. The summed E-state index contributed by atoms with van der Waals surface area (Å²) in [6.45, 7) is 2.55. The third kappa shape index (κ3) is 2.69. The summed E-state index contributed by atoms with van der Waals surface area (Å²) in [7, 11) is 0. The Bertz CT molecular complexity index is 233. The van der Waals surface area contributed by atoms with Crippen molar-refractivity contribution >= 4 is 5.97 Å². The number of hydrogen-bond donors (Lipinski definition) is 0. The van der Waals surface area contributed by atoms with Crippen LogP contribution in [0, 0.1) is 0 Å². The molecule has 12 heavy (non-hydrogen) atoms. The molecule has 0 bridgehead atoms. The maximum absolute atomic E-state index is 11.0. The molecular weight excluding hydrogens is 158 g/mol. The largest absolute Gasteiger partial charge is 0.464 e. The van der Waals surface area contributed by atoms with E-state index in [1.807, 2.05) is 6.92 Å². The molecule has 0 saturated heterocycles. The second-order valence-electron chi connectivity index (χ2n) is 2.32. The van der Waals surface area contributed by atoms with Crippen LogP contribution >= 0.6 is 0 Å². The van der Waals surface area contributed by atoms with E-state index in [2.05, 4.69) is 10.3 Å². The summed E-state index contributed by atoms with van der Waals surface area (Å²) in [5, 5.41) is 7.19. The minimum Gasteiger partial charge on any atom is -0.464 e. The normalized spacial score (nSPS) is 9.75. The average Bonchev–Trinajstić information content (AvgIpc) is 2.53. The van der Waals surface area contributed by atoms with Gasteiger partial charge in [-0.25, -0.2) is 4.68 Å². The number of rotatable bonds is 4. The number of esters is 1. The summed E-state index contributed by atoms with van der Waals surface area (Å²) in [6, 6.07) is 0. The summed E-state index contributed by atoms with van der Waals surface area (Å²) < 4.78 is 6.27. The molecule has 0 fully saturated rings. The maximum atomic E-state index is 11.0. The van der Waals surface area contributed by atoms with Crippen LogP contribution in [0.15, 0.2) is 12.4 Å². The van der Waals surface area contributed by atoms with Crippen molar-refractivity contribution in [2.75, 3.05) is 6.61 Å². The Kier molecular flexibility index (Phi) is 3.25. The van der Waals surface area contributed by atoms with E-state index in [0.29, 0.717) is 6.61 Å². The fraction of sp³-hybridized carbons (Fsp3) is 0.571. The van der Waals surface area contributed by atoms with Gasteiger partial charge in [0.05, 0.1) is 12.8 Å². The molecule has 0 spiro atoms. The minimum absolute atomic E-state index is 0.139. The fourth-order valence-electron chi connectivity index (χ4n) is 0.711. The van der Waals surface area contributed by atoms with Gasteiger partial charge in [-0.05, 0) is 6.42 Å². The van der Waals surface area contributed by atoms with Gasteiger partial charge in [-0.3, -0.25) is 4.79 Å². The van der Waals surface area contributed by atoms with Crippen LogP contribution in [0.4, 0.5) is 0 Å². The number of carbonyl (C=O) groups is 1. The van der Waals surface area contributed by atoms with E-state index in [0.717, 1.165) is 6.42 Å². The van der Waals surface area contributed by atoms with Gasteiger partial charge in [-0.1, -0.05) is 12.1 Å². The third-order valence-corrected chi connectivity index (χ3v) is 1.23. The molecule has 0 aromatic carbocycles. The van der Waals surface area contributed by atoms with Crippen molar-refractivity contribution < 1.29 is 9.53 Å². The Morgan fingerprint density at radius 2 is 2.50 bits per heavy atom. The van der Waals surface area contributed by atoms with Crippen LogP contribution in [0.25, 0.3) is 0 Å². The summed E-state index contributed by atoms with van der Waals surface area (Å²) in [5.74, 6) is -0.276. The van der Waals surface area contributed by atoms with E-state index in [1.165, 1.54) is 10.9 Å². The van der Waals surface area contributed by atoms with Gasteiger partial charge in [-0.15, -0.1) is 5.10 Å². The molecular formula is C7H11N3O2. The van der Waals surface area contributed by atoms with Gasteiger partial charge in [0.25, 0.3) is 0 Å². The first-order valence-electron chi connectivity index (χ1n) is 3.82. The minimum atomic E-state index is -0.276. The molecule has 1 heterocycles. The first-order chi connectivity index (χ1) is 5.83. The predicted molar refractivity (Wildman–Crippen MR) is 41.3 cm³/mol. The molecule has 0 aliphatic rings. The highest BCUT2D eigenvalue weighted by molar-refractivity contribution is 5.68. The molecule has 0 saturated carbocycles. The van der Waals surface area contributed by atoms with Crippen LogP contribution in [-0.4, -0.2) is 27.6 Å². The van der Waals surface area contributed by atoms with Gasteiger partial charge in [0.1, 0.15) is 6.54 Å². The van der Waals surface area contributed by atoms with E-state index in [-0.39, 0.29) is 12.5 Å². The van der Waals surface area contributed by atoms with Gasteiger partial charge < -0.3 is 4.74 Å². The topological polar surface area (TPSA) is 57.0 Å². The second-order valence-corrected chi connectivity index (χ2v) is 2.32. The highest BCUT2D eigenvalue weighted by Gasteiger charge is 2.02. The molecule has 0 N–H and O–H groups in total. The van der Waals surface area contributed by atoms with E-state index >= 15 is 0 Å². The Hall–Kier alpha value is -1.39. The van der Waals surface area contributed by atoms with Crippen LogP contribution in [0.3, 0.4) is 0 Å². The molecule has 1 aromatic rings. The van der Waals surface area contributed by atoms with E-state index in [1.54, 1.807) is 6.20 Å². The molecule has 1 aromatic heterocycles. The third-order valence-electron chi connectivity index (χ3n) is 1.23. The van der Waals surface area contributed by atoms with Gasteiger partial charge in [0.15, 0.2) is 0 Å². The lowest BCUT2D eigenvalue weighted by molar-refractivity contribution is -0.144. The Labute approximate surface area is 70.3 Å². The number of hydrogen-bond acceptors (Lipinski definition) is 4. The SMILES string of the molecule is CCCOC(=O)Cn1ccnn1.